The van der Waals surface area contributed by atoms with E-state index in [1.807, 2.05) is 6.26 Å². The van der Waals surface area contributed by atoms with Crippen LogP contribution in [-0.2, 0) is 17.8 Å². The zero-order valence-electron chi connectivity index (χ0n) is 18.5. The van der Waals surface area contributed by atoms with Crippen LogP contribution in [0.3, 0.4) is 0 Å². The summed E-state index contributed by atoms with van der Waals surface area (Å²) in [6.45, 7) is 10.0. The summed E-state index contributed by atoms with van der Waals surface area (Å²) in [5, 5.41) is 2.96. The maximum absolute atomic E-state index is 12.8. The summed E-state index contributed by atoms with van der Waals surface area (Å²) in [5.41, 5.74) is 2.63. The smallest absolute Gasteiger partial charge is 0.225 e. The molecule has 0 spiro atoms. The quantitative estimate of drug-likeness (QED) is 0.735. The molecule has 0 aliphatic heterocycles. The minimum atomic E-state index is -0.254. The second-order valence-corrected chi connectivity index (χ2v) is 9.95. The molecule has 156 valence electrons. The maximum atomic E-state index is 12.8. The van der Waals surface area contributed by atoms with Gasteiger partial charge in [-0.2, -0.15) is 0 Å². The van der Waals surface area contributed by atoms with Crippen molar-refractivity contribution in [2.45, 2.75) is 65.3 Å². The highest BCUT2D eigenvalue weighted by molar-refractivity contribution is 5.82. The van der Waals surface area contributed by atoms with Gasteiger partial charge in [0.25, 0.3) is 0 Å². The highest BCUT2D eigenvalue weighted by Gasteiger charge is 2.56. The van der Waals surface area contributed by atoms with Crippen LogP contribution in [-0.4, -0.2) is 27.1 Å². The second kappa shape index (κ2) is 8.06. The Morgan fingerprint density at radius 1 is 1.36 bits per heavy atom. The third kappa shape index (κ3) is 3.68. The zero-order valence-corrected chi connectivity index (χ0v) is 18.5. The highest BCUT2D eigenvalue weighted by atomic mass is 16.3. The van der Waals surface area contributed by atoms with Crippen LogP contribution in [0.1, 0.15) is 63.7 Å². The molecule has 0 unspecified atom stereocenters. The summed E-state index contributed by atoms with van der Waals surface area (Å²) in [7, 11) is 6.09. The first-order valence-electron chi connectivity index (χ1n) is 11.0. The van der Waals surface area contributed by atoms with Crippen molar-refractivity contribution < 1.29 is 14.1 Å². The van der Waals surface area contributed by atoms with Crippen molar-refractivity contribution in [3.05, 3.63) is 35.8 Å². The Bertz CT molecular complexity index is 722. The molecule has 2 saturated carbocycles. The van der Waals surface area contributed by atoms with Crippen LogP contribution in [0, 0.1) is 22.7 Å². The summed E-state index contributed by atoms with van der Waals surface area (Å²) in [6, 6.07) is 2.14. The Balaban J connectivity index is 1.82. The van der Waals surface area contributed by atoms with E-state index >= 15 is 0 Å². The number of carbonyl (C=O) groups excluding carboxylic acids is 1. The molecule has 28 heavy (non-hydrogen) atoms. The highest BCUT2D eigenvalue weighted by Crippen LogP contribution is 2.61. The standard InChI is InChI=1S/C24H38N2O2/c1-17-8-11-21-23(2,13-7-14-24(21,3)22(27)25-4)19(17)10-9-18-12-15-28-20(18)16-26(5)6/h12,15,19,21H,1,7-11,13-14,16H2,2-6H3,(H,25,27)/p+1/t19-,21-,23+,24-/m0/s1. The Kier molecular flexibility index (Phi) is 6.09. The Hall–Kier alpha value is -1.55. The van der Waals surface area contributed by atoms with Gasteiger partial charge in [0.15, 0.2) is 5.76 Å². The number of quaternary nitrogens is 1. The molecule has 4 heteroatoms. The molecule has 2 aliphatic carbocycles. The van der Waals surface area contributed by atoms with E-state index in [4.69, 9.17) is 4.42 Å². The van der Waals surface area contributed by atoms with Crippen LogP contribution in [0.15, 0.2) is 28.9 Å². The summed E-state index contributed by atoms with van der Waals surface area (Å²) in [4.78, 5) is 14.2. The van der Waals surface area contributed by atoms with E-state index < -0.39 is 0 Å². The van der Waals surface area contributed by atoms with Crippen LogP contribution in [0.2, 0.25) is 0 Å². The topological polar surface area (TPSA) is 46.7 Å². The molecule has 2 fully saturated rings. The lowest BCUT2D eigenvalue weighted by Gasteiger charge is -2.58. The molecule has 2 N–H and O–H groups in total. The molecule has 1 amide bonds. The monoisotopic (exact) mass is 387 g/mol. The normalized spacial score (nSPS) is 33.0. The Labute approximate surface area is 170 Å². The molecule has 1 aromatic rings. The van der Waals surface area contributed by atoms with Crippen molar-refractivity contribution in [3.8, 4) is 0 Å². The molecule has 0 radical (unpaired) electrons. The van der Waals surface area contributed by atoms with E-state index in [0.717, 1.165) is 50.8 Å². The average Bonchev–Trinajstić information content (AvgIpc) is 3.06. The van der Waals surface area contributed by atoms with Gasteiger partial charge in [-0.3, -0.25) is 4.79 Å². The molecular weight excluding hydrogens is 348 g/mol. The molecule has 0 aromatic carbocycles. The SMILES string of the molecule is C=C1CC[C@H]2[C@](C)(CCC[C@]2(C)C(=O)NC)[C@H]1CCc1ccoc1C[NH+](C)C. The lowest BCUT2D eigenvalue weighted by atomic mass is 9.46. The molecule has 4 nitrogen and oxygen atoms in total. The number of hydrogen-bond acceptors (Lipinski definition) is 2. The number of amides is 1. The van der Waals surface area contributed by atoms with Crippen molar-refractivity contribution in [2.24, 2.45) is 22.7 Å². The number of fused-ring (bicyclic) bond motifs is 1. The van der Waals surface area contributed by atoms with Gasteiger partial charge < -0.3 is 14.6 Å². The first-order chi connectivity index (χ1) is 13.2. The van der Waals surface area contributed by atoms with Crippen LogP contribution in [0.25, 0.3) is 0 Å². The van der Waals surface area contributed by atoms with Gasteiger partial charge in [0, 0.05) is 12.5 Å². The van der Waals surface area contributed by atoms with Gasteiger partial charge in [0.1, 0.15) is 6.54 Å². The largest absolute Gasteiger partial charge is 0.463 e. The van der Waals surface area contributed by atoms with Crippen LogP contribution < -0.4 is 10.2 Å². The maximum Gasteiger partial charge on any atom is 0.225 e. The summed E-state index contributed by atoms with van der Waals surface area (Å²) < 4.78 is 5.76. The van der Waals surface area contributed by atoms with E-state index in [1.165, 1.54) is 22.5 Å². The fourth-order valence-corrected chi connectivity index (χ4v) is 6.41. The van der Waals surface area contributed by atoms with Gasteiger partial charge in [0.2, 0.25) is 5.91 Å². The summed E-state index contributed by atoms with van der Waals surface area (Å²) in [6.07, 6.45) is 9.44. The lowest BCUT2D eigenvalue weighted by molar-refractivity contribution is -0.873. The van der Waals surface area contributed by atoms with Crippen molar-refractivity contribution in [1.29, 1.82) is 0 Å². The number of carbonyl (C=O) groups is 1. The number of allylic oxidation sites excluding steroid dienone is 1. The van der Waals surface area contributed by atoms with Gasteiger partial charge in [0.05, 0.1) is 20.4 Å². The molecule has 4 atom stereocenters. The number of hydrogen-bond donors (Lipinski definition) is 2. The fourth-order valence-electron chi connectivity index (χ4n) is 6.41. The van der Waals surface area contributed by atoms with Crippen molar-refractivity contribution in [1.82, 2.24) is 5.32 Å². The van der Waals surface area contributed by atoms with Crippen molar-refractivity contribution >= 4 is 5.91 Å². The lowest BCUT2D eigenvalue weighted by Crippen LogP contribution is -3.04. The molecule has 2 aliphatic rings. The van der Waals surface area contributed by atoms with Crippen molar-refractivity contribution in [3.63, 3.8) is 0 Å². The van der Waals surface area contributed by atoms with Crippen LogP contribution in [0.4, 0.5) is 0 Å². The number of furan rings is 1. The zero-order chi connectivity index (χ0) is 20.5. The average molecular weight is 388 g/mol. The summed E-state index contributed by atoms with van der Waals surface area (Å²) in [5.74, 6) is 2.24. The number of aryl methyl sites for hydroxylation is 1. The van der Waals surface area contributed by atoms with Gasteiger partial charge in [-0.15, -0.1) is 0 Å². The molecule has 3 rings (SSSR count). The van der Waals surface area contributed by atoms with Gasteiger partial charge in [-0.1, -0.05) is 32.4 Å². The van der Waals surface area contributed by atoms with E-state index in [0.29, 0.717) is 11.8 Å². The number of nitrogens with one attached hydrogen (secondary N) is 2. The first-order valence-corrected chi connectivity index (χ1v) is 11.0. The van der Waals surface area contributed by atoms with E-state index in [1.54, 1.807) is 7.05 Å². The molecule has 0 saturated heterocycles. The Morgan fingerprint density at radius 2 is 2.11 bits per heavy atom. The van der Waals surface area contributed by atoms with Gasteiger partial charge in [-0.05, 0) is 67.4 Å². The van der Waals surface area contributed by atoms with Gasteiger partial charge >= 0.3 is 0 Å². The fraction of sp³-hybridized carbons (Fsp3) is 0.708. The predicted molar refractivity (Wildman–Crippen MR) is 113 cm³/mol. The molecule has 1 heterocycles. The Morgan fingerprint density at radius 3 is 2.79 bits per heavy atom. The third-order valence-electron chi connectivity index (χ3n) is 7.82. The third-order valence-corrected chi connectivity index (χ3v) is 7.82. The van der Waals surface area contributed by atoms with E-state index in [2.05, 4.69) is 45.9 Å². The first kappa shape index (κ1) is 21.2. The van der Waals surface area contributed by atoms with Gasteiger partial charge in [-0.25, -0.2) is 0 Å². The second-order valence-electron chi connectivity index (χ2n) is 9.95. The summed E-state index contributed by atoms with van der Waals surface area (Å²) >= 11 is 0. The molecule has 0 bridgehead atoms. The molecule has 1 aromatic heterocycles. The van der Waals surface area contributed by atoms with Crippen LogP contribution in [0.5, 0.6) is 0 Å². The minimum absolute atomic E-state index is 0.158. The van der Waals surface area contributed by atoms with E-state index in [-0.39, 0.29) is 16.7 Å². The van der Waals surface area contributed by atoms with Crippen LogP contribution >= 0.6 is 0 Å². The number of rotatable bonds is 6. The molecular formula is C24H39N2O2+. The van der Waals surface area contributed by atoms with Crippen molar-refractivity contribution in [2.75, 3.05) is 21.1 Å². The predicted octanol–water partition coefficient (Wildman–Crippen LogP) is 3.38. The minimum Gasteiger partial charge on any atom is -0.463 e. The van der Waals surface area contributed by atoms with E-state index in [9.17, 15) is 4.79 Å².